The molecular formula is C8H13BrO2. The summed E-state index contributed by atoms with van der Waals surface area (Å²) >= 11 is 3.40. The van der Waals surface area contributed by atoms with Crippen molar-refractivity contribution in [2.24, 2.45) is 0 Å². The van der Waals surface area contributed by atoms with Crippen LogP contribution in [0.3, 0.4) is 0 Å². The lowest BCUT2D eigenvalue weighted by Gasteiger charge is -2.02. The van der Waals surface area contributed by atoms with Gasteiger partial charge in [-0.1, -0.05) is 29.4 Å². The second-order valence-electron chi connectivity index (χ2n) is 2.29. The summed E-state index contributed by atoms with van der Waals surface area (Å²) in [5, 5.41) is 0. The second kappa shape index (κ2) is 6.40. The minimum Gasteiger partial charge on any atom is -0.463 e. The van der Waals surface area contributed by atoms with Gasteiger partial charge in [0.05, 0.1) is 6.61 Å². The van der Waals surface area contributed by atoms with Crippen LogP contribution in [0.1, 0.15) is 19.8 Å². The lowest BCUT2D eigenvalue weighted by atomic mass is 10.3. The average molecular weight is 221 g/mol. The zero-order chi connectivity index (χ0) is 8.69. The molecule has 2 nitrogen and oxygen atoms in total. The number of esters is 1. The van der Waals surface area contributed by atoms with Crippen LogP contribution in [0.25, 0.3) is 0 Å². The van der Waals surface area contributed by atoms with Crippen molar-refractivity contribution < 1.29 is 9.53 Å². The maximum Gasteiger partial charge on any atom is 0.330 e. The van der Waals surface area contributed by atoms with Crippen molar-refractivity contribution in [2.75, 3.05) is 6.61 Å². The molecule has 0 aliphatic rings. The highest BCUT2D eigenvalue weighted by atomic mass is 79.9. The topological polar surface area (TPSA) is 26.3 Å². The fourth-order valence-electron chi connectivity index (χ4n) is 0.596. The molecule has 0 bridgehead atoms. The van der Waals surface area contributed by atoms with Gasteiger partial charge in [-0.2, -0.15) is 0 Å². The summed E-state index contributed by atoms with van der Waals surface area (Å²) in [6, 6.07) is 0. The summed E-state index contributed by atoms with van der Waals surface area (Å²) in [7, 11) is 0. The van der Waals surface area contributed by atoms with E-state index >= 15 is 0 Å². The Morgan fingerprint density at radius 3 is 2.91 bits per heavy atom. The van der Waals surface area contributed by atoms with Gasteiger partial charge in [0.2, 0.25) is 0 Å². The maximum absolute atomic E-state index is 10.5. The molecule has 0 N–H and O–H groups in total. The van der Waals surface area contributed by atoms with Gasteiger partial charge in [-0.25, -0.2) is 4.79 Å². The Hall–Kier alpha value is -0.310. The number of rotatable bonds is 5. The predicted molar refractivity (Wildman–Crippen MR) is 48.8 cm³/mol. The number of halogens is 1. The molecule has 0 radical (unpaired) electrons. The van der Waals surface area contributed by atoms with Gasteiger partial charge in [-0.15, -0.1) is 0 Å². The van der Waals surface area contributed by atoms with E-state index in [0.29, 0.717) is 11.4 Å². The first-order valence-corrected chi connectivity index (χ1v) is 4.51. The van der Waals surface area contributed by atoms with Crippen LogP contribution in [-0.4, -0.2) is 17.4 Å². The van der Waals surface area contributed by atoms with Crippen molar-refractivity contribution in [2.45, 2.75) is 24.6 Å². The van der Waals surface area contributed by atoms with Crippen molar-refractivity contribution >= 4 is 21.9 Å². The van der Waals surface area contributed by atoms with Crippen molar-refractivity contribution in [3.63, 3.8) is 0 Å². The third-order valence-corrected chi connectivity index (χ3v) is 1.62. The van der Waals surface area contributed by atoms with Gasteiger partial charge in [-0.3, -0.25) is 0 Å². The monoisotopic (exact) mass is 220 g/mol. The normalized spacial score (nSPS) is 12.2. The number of carbonyl (C=O) groups excluding carboxylic acids is 1. The van der Waals surface area contributed by atoms with Gasteiger partial charge in [-0.05, 0) is 12.8 Å². The summed E-state index contributed by atoms with van der Waals surface area (Å²) in [4.78, 5) is 11.0. The van der Waals surface area contributed by atoms with E-state index in [4.69, 9.17) is 4.74 Å². The van der Waals surface area contributed by atoms with Crippen molar-refractivity contribution in [3.8, 4) is 0 Å². The maximum atomic E-state index is 10.5. The Balaban J connectivity index is 3.14. The Labute approximate surface area is 75.7 Å². The van der Waals surface area contributed by atoms with E-state index < -0.39 is 0 Å². The molecule has 0 saturated heterocycles. The Bertz CT molecular complexity index is 132. The highest BCUT2D eigenvalue weighted by Crippen LogP contribution is 2.05. The van der Waals surface area contributed by atoms with Crippen LogP contribution < -0.4 is 0 Å². The second-order valence-corrected chi connectivity index (χ2v) is 3.86. The molecule has 0 amide bonds. The molecule has 3 heteroatoms. The molecule has 1 unspecified atom stereocenters. The smallest absolute Gasteiger partial charge is 0.330 e. The van der Waals surface area contributed by atoms with Crippen LogP contribution in [-0.2, 0) is 9.53 Å². The zero-order valence-electron chi connectivity index (χ0n) is 6.68. The minimum atomic E-state index is -0.341. The summed E-state index contributed by atoms with van der Waals surface area (Å²) in [6.07, 6.45) is 3.09. The lowest BCUT2D eigenvalue weighted by molar-refractivity contribution is -0.137. The fourth-order valence-corrected chi connectivity index (χ4v) is 0.920. The standard InChI is InChI=1S/C8H13BrO2/c1-3-8(10)11-6-4-5-7(2)9/h3,7H,1,4-6H2,2H3. The number of alkyl halides is 1. The Kier molecular flexibility index (Phi) is 6.22. The number of hydrogen-bond donors (Lipinski definition) is 0. The largest absolute Gasteiger partial charge is 0.463 e. The van der Waals surface area contributed by atoms with E-state index in [2.05, 4.69) is 29.4 Å². The molecule has 0 fully saturated rings. The lowest BCUT2D eigenvalue weighted by Crippen LogP contribution is -2.03. The average Bonchev–Trinajstić information content (AvgIpc) is 1.97. The van der Waals surface area contributed by atoms with Gasteiger partial charge < -0.3 is 4.74 Å². The Morgan fingerprint density at radius 1 is 1.82 bits per heavy atom. The molecular weight excluding hydrogens is 208 g/mol. The highest BCUT2D eigenvalue weighted by molar-refractivity contribution is 9.09. The number of ether oxygens (including phenoxy) is 1. The molecule has 1 atom stereocenters. The van der Waals surface area contributed by atoms with Crippen molar-refractivity contribution in [1.29, 1.82) is 0 Å². The summed E-state index contributed by atoms with van der Waals surface area (Å²) in [5.41, 5.74) is 0. The molecule has 0 aromatic rings. The van der Waals surface area contributed by atoms with Gasteiger partial charge in [0.25, 0.3) is 0 Å². The summed E-state index contributed by atoms with van der Waals surface area (Å²) in [6.45, 7) is 5.84. The molecule has 0 rings (SSSR count). The molecule has 64 valence electrons. The third kappa shape index (κ3) is 7.59. The van der Waals surface area contributed by atoms with Gasteiger partial charge in [0.1, 0.15) is 0 Å². The van der Waals surface area contributed by atoms with Crippen molar-refractivity contribution in [1.82, 2.24) is 0 Å². The van der Waals surface area contributed by atoms with Gasteiger partial charge >= 0.3 is 5.97 Å². The molecule has 0 saturated carbocycles. The molecule has 0 aromatic carbocycles. The SMILES string of the molecule is C=CC(=O)OCCCC(C)Br. The van der Waals surface area contributed by atoms with Crippen LogP contribution in [0.4, 0.5) is 0 Å². The fraction of sp³-hybridized carbons (Fsp3) is 0.625. The van der Waals surface area contributed by atoms with E-state index in [1.807, 2.05) is 0 Å². The molecule has 11 heavy (non-hydrogen) atoms. The molecule has 0 aliphatic carbocycles. The first-order chi connectivity index (χ1) is 5.16. The van der Waals surface area contributed by atoms with Crippen LogP contribution in [0, 0.1) is 0 Å². The first-order valence-electron chi connectivity index (χ1n) is 3.60. The quantitative estimate of drug-likeness (QED) is 0.308. The molecule has 0 aliphatic heterocycles. The van der Waals surface area contributed by atoms with E-state index in [9.17, 15) is 4.79 Å². The van der Waals surface area contributed by atoms with Crippen LogP contribution >= 0.6 is 15.9 Å². The summed E-state index contributed by atoms with van der Waals surface area (Å²) in [5.74, 6) is -0.341. The van der Waals surface area contributed by atoms with Crippen LogP contribution in [0.15, 0.2) is 12.7 Å². The van der Waals surface area contributed by atoms with Crippen LogP contribution in [0.2, 0.25) is 0 Å². The van der Waals surface area contributed by atoms with Gasteiger partial charge in [0, 0.05) is 10.9 Å². The highest BCUT2D eigenvalue weighted by Gasteiger charge is 1.97. The van der Waals surface area contributed by atoms with E-state index in [1.54, 1.807) is 0 Å². The number of hydrogen-bond acceptors (Lipinski definition) is 2. The minimum absolute atomic E-state index is 0.341. The van der Waals surface area contributed by atoms with Gasteiger partial charge in [0.15, 0.2) is 0 Å². The predicted octanol–water partition coefficient (Wildman–Crippen LogP) is 2.28. The first kappa shape index (κ1) is 10.7. The zero-order valence-corrected chi connectivity index (χ0v) is 8.26. The van der Waals surface area contributed by atoms with E-state index in [1.165, 1.54) is 6.08 Å². The van der Waals surface area contributed by atoms with Crippen LogP contribution in [0.5, 0.6) is 0 Å². The molecule has 0 aromatic heterocycles. The molecule has 0 heterocycles. The van der Waals surface area contributed by atoms with E-state index in [-0.39, 0.29) is 5.97 Å². The summed E-state index contributed by atoms with van der Waals surface area (Å²) < 4.78 is 4.76. The molecule has 0 spiro atoms. The van der Waals surface area contributed by atoms with E-state index in [0.717, 1.165) is 12.8 Å². The van der Waals surface area contributed by atoms with Crippen molar-refractivity contribution in [3.05, 3.63) is 12.7 Å². The number of carbonyl (C=O) groups is 1. The third-order valence-electron chi connectivity index (χ3n) is 1.16. The Morgan fingerprint density at radius 2 is 2.45 bits per heavy atom.